The number of allylic oxidation sites excluding steroid dienone is 6. The van der Waals surface area contributed by atoms with Crippen LogP contribution in [0.2, 0.25) is 0 Å². The second-order valence-electron chi connectivity index (χ2n) is 13.8. The molecule has 0 radical (unpaired) electrons. The molecule has 0 spiro atoms. The fourth-order valence-corrected chi connectivity index (χ4v) is 15.1. The van der Waals surface area contributed by atoms with Crippen molar-refractivity contribution in [2.75, 3.05) is 0 Å². The maximum absolute atomic E-state index is 2.62. The minimum atomic E-state index is -2.23. The van der Waals surface area contributed by atoms with Gasteiger partial charge in [0.1, 0.15) is 0 Å². The second-order valence-corrected chi connectivity index (χ2v) is 21.3. The first-order valence-corrected chi connectivity index (χ1v) is 17.5. The molecular formula is C35H40Cl2Zr. The van der Waals surface area contributed by atoms with E-state index in [0.717, 1.165) is 6.42 Å². The van der Waals surface area contributed by atoms with Crippen LogP contribution in [-0.4, -0.2) is 3.21 Å². The van der Waals surface area contributed by atoms with Gasteiger partial charge in [-0.1, -0.05) is 0 Å². The molecule has 198 valence electrons. The van der Waals surface area contributed by atoms with E-state index in [1.165, 1.54) is 39.0 Å². The Morgan fingerprint density at radius 3 is 1.66 bits per heavy atom. The quantitative estimate of drug-likeness (QED) is 0.482. The van der Waals surface area contributed by atoms with Gasteiger partial charge in [0.05, 0.1) is 0 Å². The molecule has 4 aliphatic rings. The molecule has 0 unspecified atom stereocenters. The Balaban J connectivity index is 0.00000168. The third kappa shape index (κ3) is 4.50. The molecule has 0 N–H and O–H groups in total. The van der Waals surface area contributed by atoms with E-state index >= 15 is 0 Å². The van der Waals surface area contributed by atoms with Gasteiger partial charge < -0.3 is 24.8 Å². The molecule has 3 heteroatoms. The molecule has 0 fully saturated rings. The summed E-state index contributed by atoms with van der Waals surface area (Å²) >= 11 is -2.23. The van der Waals surface area contributed by atoms with E-state index in [-0.39, 0.29) is 41.1 Å². The molecular weight excluding hydrogens is 583 g/mol. The topological polar surface area (TPSA) is 0 Å². The van der Waals surface area contributed by atoms with Gasteiger partial charge in [0.25, 0.3) is 0 Å². The maximum atomic E-state index is 2.62. The smallest absolute Gasteiger partial charge is 1.00 e. The monoisotopic (exact) mass is 620 g/mol. The van der Waals surface area contributed by atoms with E-state index in [9.17, 15) is 0 Å². The zero-order valence-electron chi connectivity index (χ0n) is 24.3. The van der Waals surface area contributed by atoms with Gasteiger partial charge in [-0.15, -0.1) is 0 Å². The fraction of sp³-hybridized carbons (Fsp3) is 0.400. The normalized spacial score (nSPS) is 18.8. The van der Waals surface area contributed by atoms with Crippen LogP contribution in [0, 0.1) is 5.41 Å². The summed E-state index contributed by atoms with van der Waals surface area (Å²) < 4.78 is 4.05. The maximum Gasteiger partial charge on any atom is -1.00 e. The van der Waals surface area contributed by atoms with Gasteiger partial charge in [-0.05, 0) is 0 Å². The average Bonchev–Trinajstić information content (AvgIpc) is 3.52. The van der Waals surface area contributed by atoms with E-state index in [0.29, 0.717) is 3.63 Å². The number of benzene rings is 2. The Hall–Kier alpha value is -1.27. The van der Waals surface area contributed by atoms with Crippen molar-refractivity contribution in [3.8, 4) is 11.1 Å². The average molecular weight is 623 g/mol. The van der Waals surface area contributed by atoms with Crippen molar-refractivity contribution in [1.29, 1.82) is 0 Å². The van der Waals surface area contributed by atoms with Gasteiger partial charge in [0.15, 0.2) is 0 Å². The number of fused-ring (bicyclic) bond motifs is 5. The predicted molar refractivity (Wildman–Crippen MR) is 154 cm³/mol. The SMILES string of the molecule is C[C](C)=[Zr+2]([C]1=CC(C(C)(C)C)=CC1)[CH]1c2cc3c(cc2-c2cc4c(cc21)C(C)(C)C=C4)C=CC3(C)C.[Cl-].[Cl-]. The van der Waals surface area contributed by atoms with Crippen molar-refractivity contribution >= 4 is 15.4 Å². The minimum absolute atomic E-state index is 0. The molecule has 38 heavy (non-hydrogen) atoms. The van der Waals surface area contributed by atoms with Crippen molar-refractivity contribution in [2.45, 2.75) is 83.2 Å². The van der Waals surface area contributed by atoms with Gasteiger partial charge in [-0.25, -0.2) is 0 Å². The molecule has 0 heterocycles. The zero-order valence-corrected chi connectivity index (χ0v) is 28.3. The summed E-state index contributed by atoms with van der Waals surface area (Å²) in [6.45, 7) is 21.5. The van der Waals surface area contributed by atoms with Crippen LogP contribution < -0.4 is 24.8 Å². The van der Waals surface area contributed by atoms with Crippen LogP contribution in [0.4, 0.5) is 0 Å². The van der Waals surface area contributed by atoms with Crippen molar-refractivity contribution in [2.24, 2.45) is 5.41 Å². The van der Waals surface area contributed by atoms with Crippen LogP contribution in [0.25, 0.3) is 23.3 Å². The number of hydrogen-bond donors (Lipinski definition) is 0. The van der Waals surface area contributed by atoms with Crippen LogP contribution >= 0.6 is 0 Å². The van der Waals surface area contributed by atoms with Crippen molar-refractivity contribution < 1.29 is 46.1 Å². The standard InChI is InChI=1S/C23H21.C9H13.C3H6.2ClH.Zr/c1-22(2)7-5-14-10-18-16(12-20(14)22)9-17-13-21-15(11-19(17)18)6-8-23(21,3)4;1-9(2,3)8-6-4-5-7-8;1-3-2;;;/h5-13H,1-4H3;6-7H,4H2,1-3H3;1-2H3;2*1H;/q;;;;;+2/p-2. The number of hydrogen-bond acceptors (Lipinski definition) is 0. The Bertz CT molecular complexity index is 1420. The zero-order chi connectivity index (χ0) is 25.8. The first kappa shape index (κ1) is 29.7. The third-order valence-electron chi connectivity index (χ3n) is 9.01. The van der Waals surface area contributed by atoms with Gasteiger partial charge in [0.2, 0.25) is 0 Å². The summed E-state index contributed by atoms with van der Waals surface area (Å²) in [6.07, 6.45) is 15.8. The summed E-state index contributed by atoms with van der Waals surface area (Å²) in [4.78, 5) is 0. The second kappa shape index (κ2) is 9.68. The Morgan fingerprint density at radius 1 is 0.789 bits per heavy atom. The van der Waals surface area contributed by atoms with E-state index < -0.39 is 21.3 Å². The van der Waals surface area contributed by atoms with E-state index in [1.54, 1.807) is 17.6 Å². The molecule has 2 aromatic rings. The Morgan fingerprint density at radius 2 is 1.26 bits per heavy atom. The number of rotatable bonds is 2. The summed E-state index contributed by atoms with van der Waals surface area (Å²) in [5, 5.41) is 0. The van der Waals surface area contributed by atoms with Gasteiger partial charge in [-0.3, -0.25) is 0 Å². The van der Waals surface area contributed by atoms with Crippen molar-refractivity contribution in [3.63, 3.8) is 0 Å². The molecule has 6 rings (SSSR count). The largest absolute Gasteiger partial charge is 1.00 e. The van der Waals surface area contributed by atoms with E-state index in [1.807, 2.05) is 0 Å². The van der Waals surface area contributed by atoms with Crippen molar-refractivity contribution in [3.05, 3.63) is 90.8 Å². The van der Waals surface area contributed by atoms with Crippen LogP contribution in [0.1, 0.15) is 106 Å². The van der Waals surface area contributed by atoms with E-state index in [2.05, 4.69) is 123 Å². The molecule has 4 aliphatic carbocycles. The van der Waals surface area contributed by atoms with Gasteiger partial charge in [-0.2, -0.15) is 0 Å². The molecule has 0 saturated heterocycles. The minimum Gasteiger partial charge on any atom is -1.00 e. The molecule has 0 saturated carbocycles. The first-order chi connectivity index (χ1) is 16.8. The van der Waals surface area contributed by atoms with Crippen LogP contribution in [0.15, 0.2) is 57.4 Å². The molecule has 0 nitrogen and oxygen atoms in total. The Kier molecular flexibility index (Phi) is 7.57. The van der Waals surface area contributed by atoms with Crippen LogP contribution in [0.3, 0.4) is 0 Å². The van der Waals surface area contributed by atoms with Gasteiger partial charge in [0, 0.05) is 0 Å². The Labute approximate surface area is 250 Å². The van der Waals surface area contributed by atoms with Crippen LogP contribution in [0.5, 0.6) is 0 Å². The summed E-state index contributed by atoms with van der Waals surface area (Å²) in [7, 11) is 0. The molecule has 0 atom stereocenters. The molecule has 0 amide bonds. The predicted octanol–water partition coefficient (Wildman–Crippen LogP) is 3.46. The molecule has 2 aromatic carbocycles. The van der Waals surface area contributed by atoms with Gasteiger partial charge >= 0.3 is 227 Å². The van der Waals surface area contributed by atoms with Crippen LogP contribution in [-0.2, 0) is 32.1 Å². The number of halogens is 2. The first-order valence-electron chi connectivity index (χ1n) is 13.6. The molecule has 0 aromatic heterocycles. The fourth-order valence-electron chi connectivity index (χ4n) is 6.89. The van der Waals surface area contributed by atoms with Crippen molar-refractivity contribution in [1.82, 2.24) is 0 Å². The summed E-state index contributed by atoms with van der Waals surface area (Å²) in [6, 6.07) is 10.3. The molecule has 0 bridgehead atoms. The molecule has 0 aliphatic heterocycles. The summed E-state index contributed by atoms with van der Waals surface area (Å²) in [5.74, 6) is 0. The third-order valence-corrected chi connectivity index (χ3v) is 17.2. The van der Waals surface area contributed by atoms with E-state index in [4.69, 9.17) is 0 Å². The summed E-state index contributed by atoms with van der Waals surface area (Å²) in [5.41, 5.74) is 14.1.